The molecule has 0 heterocycles. The Bertz CT molecular complexity index is 355. The van der Waals surface area contributed by atoms with E-state index in [2.05, 4.69) is 5.32 Å². The molecular weight excluding hydrogens is 237 g/mol. The zero-order chi connectivity index (χ0) is 11.3. The summed E-state index contributed by atoms with van der Waals surface area (Å²) in [7, 11) is 0. The van der Waals surface area contributed by atoms with Crippen molar-refractivity contribution >= 4 is 34.8 Å². The Kier molecular flexibility index (Phi) is 4.72. The van der Waals surface area contributed by atoms with Crippen LogP contribution in [0.15, 0.2) is 18.2 Å². The van der Waals surface area contributed by atoms with Gasteiger partial charge in [-0.3, -0.25) is 4.79 Å². The van der Waals surface area contributed by atoms with Crippen LogP contribution in [-0.2, 0) is 4.79 Å². The summed E-state index contributed by atoms with van der Waals surface area (Å²) < 4.78 is 5.25. The summed E-state index contributed by atoms with van der Waals surface area (Å²) in [5, 5.41) is 3.05. The third kappa shape index (κ3) is 3.61. The van der Waals surface area contributed by atoms with E-state index >= 15 is 0 Å². The Hall–Kier alpha value is -0.930. The van der Waals surface area contributed by atoms with E-state index in [1.165, 1.54) is 0 Å². The molecule has 5 heteroatoms. The van der Waals surface area contributed by atoms with Gasteiger partial charge in [0, 0.05) is 5.69 Å². The fourth-order valence-corrected chi connectivity index (χ4v) is 1.35. The third-order valence-electron chi connectivity index (χ3n) is 1.64. The smallest absolute Gasteiger partial charge is 0.239 e. The molecule has 3 nitrogen and oxygen atoms in total. The van der Waals surface area contributed by atoms with Gasteiger partial charge in [-0.1, -0.05) is 11.6 Å². The first-order chi connectivity index (χ1) is 7.17. The van der Waals surface area contributed by atoms with Gasteiger partial charge in [0.2, 0.25) is 5.91 Å². The molecule has 0 bridgehead atoms. The Morgan fingerprint density at radius 2 is 2.27 bits per heavy atom. The molecule has 15 heavy (non-hydrogen) atoms. The van der Waals surface area contributed by atoms with Crippen molar-refractivity contribution in [3.8, 4) is 5.75 Å². The van der Waals surface area contributed by atoms with Crippen LogP contribution >= 0.6 is 23.2 Å². The molecule has 0 aliphatic carbocycles. The van der Waals surface area contributed by atoms with Crippen molar-refractivity contribution in [2.24, 2.45) is 0 Å². The molecule has 0 saturated carbocycles. The molecule has 0 fully saturated rings. The van der Waals surface area contributed by atoms with Crippen LogP contribution in [0.5, 0.6) is 5.75 Å². The number of hydrogen-bond donors (Lipinski definition) is 1. The van der Waals surface area contributed by atoms with Gasteiger partial charge in [-0.2, -0.15) is 0 Å². The van der Waals surface area contributed by atoms with E-state index in [1.54, 1.807) is 18.2 Å². The lowest BCUT2D eigenvalue weighted by Crippen LogP contribution is -2.12. The minimum Gasteiger partial charge on any atom is -0.492 e. The third-order valence-corrected chi connectivity index (χ3v) is 2.17. The van der Waals surface area contributed by atoms with Crippen LogP contribution in [0.4, 0.5) is 5.69 Å². The number of anilines is 1. The Morgan fingerprint density at radius 1 is 1.53 bits per heavy atom. The number of carbonyl (C=O) groups excluding carboxylic acids is 1. The zero-order valence-electron chi connectivity index (χ0n) is 8.22. The molecule has 1 amide bonds. The SMILES string of the molecule is CCOc1ccc(NC(=O)CCl)cc1Cl. The van der Waals surface area contributed by atoms with Crippen LogP contribution in [0.25, 0.3) is 0 Å². The van der Waals surface area contributed by atoms with Gasteiger partial charge in [0.15, 0.2) is 0 Å². The molecule has 1 aromatic rings. The van der Waals surface area contributed by atoms with Crippen molar-refractivity contribution in [1.29, 1.82) is 0 Å². The van der Waals surface area contributed by atoms with E-state index in [-0.39, 0.29) is 11.8 Å². The topological polar surface area (TPSA) is 38.3 Å². The zero-order valence-corrected chi connectivity index (χ0v) is 9.73. The second-order valence-corrected chi connectivity index (χ2v) is 3.43. The molecule has 0 aliphatic heterocycles. The van der Waals surface area contributed by atoms with E-state index in [0.29, 0.717) is 23.1 Å². The van der Waals surface area contributed by atoms with E-state index in [9.17, 15) is 4.79 Å². The monoisotopic (exact) mass is 247 g/mol. The summed E-state index contributed by atoms with van der Waals surface area (Å²) in [4.78, 5) is 11.0. The van der Waals surface area contributed by atoms with Crippen molar-refractivity contribution in [2.45, 2.75) is 6.92 Å². The molecule has 1 N–H and O–H groups in total. The average molecular weight is 248 g/mol. The van der Waals surface area contributed by atoms with Crippen LogP contribution in [0.3, 0.4) is 0 Å². The summed E-state index contributed by atoms with van der Waals surface area (Å²) in [6.07, 6.45) is 0. The highest BCUT2D eigenvalue weighted by atomic mass is 35.5. The predicted octanol–water partition coefficient (Wildman–Crippen LogP) is 2.92. The van der Waals surface area contributed by atoms with Gasteiger partial charge in [-0.05, 0) is 25.1 Å². The van der Waals surface area contributed by atoms with Gasteiger partial charge in [-0.15, -0.1) is 11.6 Å². The number of benzene rings is 1. The van der Waals surface area contributed by atoms with Crippen LogP contribution < -0.4 is 10.1 Å². The van der Waals surface area contributed by atoms with Gasteiger partial charge in [0.05, 0.1) is 11.6 Å². The lowest BCUT2D eigenvalue weighted by Gasteiger charge is -2.08. The molecule has 0 unspecified atom stereocenters. The molecule has 0 radical (unpaired) electrons. The van der Waals surface area contributed by atoms with Crippen LogP contribution in [0.2, 0.25) is 5.02 Å². The van der Waals surface area contributed by atoms with E-state index in [0.717, 1.165) is 0 Å². The fourth-order valence-electron chi connectivity index (χ4n) is 1.05. The first-order valence-corrected chi connectivity index (χ1v) is 5.36. The lowest BCUT2D eigenvalue weighted by molar-refractivity contribution is -0.113. The average Bonchev–Trinajstić information content (AvgIpc) is 2.22. The van der Waals surface area contributed by atoms with Gasteiger partial charge < -0.3 is 10.1 Å². The van der Waals surface area contributed by atoms with Gasteiger partial charge >= 0.3 is 0 Å². The maximum atomic E-state index is 11.0. The van der Waals surface area contributed by atoms with Crippen molar-refractivity contribution in [2.75, 3.05) is 17.8 Å². The maximum Gasteiger partial charge on any atom is 0.239 e. The quantitative estimate of drug-likeness (QED) is 0.832. The molecule has 0 aliphatic rings. The highest BCUT2D eigenvalue weighted by Gasteiger charge is 2.04. The molecular formula is C10H11Cl2NO2. The Morgan fingerprint density at radius 3 is 2.80 bits per heavy atom. The van der Waals surface area contributed by atoms with Crippen molar-refractivity contribution in [3.05, 3.63) is 23.2 Å². The summed E-state index contributed by atoms with van der Waals surface area (Å²) in [6, 6.07) is 5.04. The first kappa shape index (κ1) is 12.1. The van der Waals surface area contributed by atoms with Crippen molar-refractivity contribution in [1.82, 2.24) is 0 Å². The van der Waals surface area contributed by atoms with Crippen molar-refractivity contribution < 1.29 is 9.53 Å². The molecule has 82 valence electrons. The number of alkyl halides is 1. The van der Waals surface area contributed by atoms with Gasteiger partial charge in [-0.25, -0.2) is 0 Å². The molecule has 0 atom stereocenters. The fraction of sp³-hybridized carbons (Fsp3) is 0.300. The minimum absolute atomic E-state index is 0.0785. The highest BCUT2D eigenvalue weighted by molar-refractivity contribution is 6.32. The Balaban J connectivity index is 2.77. The molecule has 0 spiro atoms. The van der Waals surface area contributed by atoms with Crippen LogP contribution in [-0.4, -0.2) is 18.4 Å². The number of carbonyl (C=O) groups is 1. The van der Waals surface area contributed by atoms with Crippen LogP contribution in [0, 0.1) is 0 Å². The molecule has 0 saturated heterocycles. The lowest BCUT2D eigenvalue weighted by atomic mass is 10.3. The van der Waals surface area contributed by atoms with E-state index in [1.807, 2.05) is 6.92 Å². The number of amides is 1. The normalized spacial score (nSPS) is 9.80. The number of hydrogen-bond acceptors (Lipinski definition) is 2. The molecule has 0 aromatic heterocycles. The molecule has 1 rings (SSSR count). The summed E-state index contributed by atoms with van der Waals surface area (Å²) >= 11 is 11.3. The minimum atomic E-state index is -0.267. The summed E-state index contributed by atoms with van der Waals surface area (Å²) in [5.74, 6) is 0.255. The number of nitrogens with one attached hydrogen (secondary N) is 1. The largest absolute Gasteiger partial charge is 0.492 e. The maximum absolute atomic E-state index is 11.0. The first-order valence-electron chi connectivity index (χ1n) is 4.45. The van der Waals surface area contributed by atoms with E-state index < -0.39 is 0 Å². The summed E-state index contributed by atoms with van der Waals surface area (Å²) in [6.45, 7) is 2.42. The number of rotatable bonds is 4. The molecule has 1 aromatic carbocycles. The number of halogens is 2. The highest BCUT2D eigenvalue weighted by Crippen LogP contribution is 2.27. The second-order valence-electron chi connectivity index (χ2n) is 2.76. The predicted molar refractivity (Wildman–Crippen MR) is 62.0 cm³/mol. The van der Waals surface area contributed by atoms with Crippen molar-refractivity contribution in [3.63, 3.8) is 0 Å². The van der Waals surface area contributed by atoms with E-state index in [4.69, 9.17) is 27.9 Å². The summed E-state index contributed by atoms with van der Waals surface area (Å²) in [5.41, 5.74) is 0.606. The second kappa shape index (κ2) is 5.83. The van der Waals surface area contributed by atoms with Gasteiger partial charge in [0.25, 0.3) is 0 Å². The standard InChI is InChI=1S/C10H11Cl2NO2/c1-2-15-9-4-3-7(5-8(9)12)13-10(14)6-11/h3-5H,2,6H2,1H3,(H,13,14). The van der Waals surface area contributed by atoms with Crippen LogP contribution in [0.1, 0.15) is 6.92 Å². The Labute approximate surface area is 98.3 Å². The van der Waals surface area contributed by atoms with Gasteiger partial charge in [0.1, 0.15) is 11.6 Å². The number of ether oxygens (including phenoxy) is 1.